The zero-order valence-electron chi connectivity index (χ0n) is 9.29. The molecule has 88 valence electrons. The molecule has 2 rings (SSSR count). The smallest absolute Gasteiger partial charge is 0.146 e. The zero-order chi connectivity index (χ0) is 11.7. The number of halogens is 2. The van der Waals surface area contributed by atoms with E-state index in [0.29, 0.717) is 18.2 Å². The fourth-order valence-corrected chi connectivity index (χ4v) is 2.32. The van der Waals surface area contributed by atoms with E-state index in [4.69, 9.17) is 5.73 Å². The minimum absolute atomic E-state index is 0.0337. The number of benzene rings is 1. The number of rotatable bonds is 1. The SMILES string of the molecule is CC1CC(N)CN(c2cc(F)ccc2F)C1. The summed E-state index contributed by atoms with van der Waals surface area (Å²) in [5.41, 5.74) is 6.20. The maximum absolute atomic E-state index is 13.6. The molecule has 0 amide bonds. The van der Waals surface area contributed by atoms with Crippen LogP contribution in [0.2, 0.25) is 0 Å². The molecule has 1 fully saturated rings. The van der Waals surface area contributed by atoms with Gasteiger partial charge >= 0.3 is 0 Å². The van der Waals surface area contributed by atoms with Crippen LogP contribution in [0.25, 0.3) is 0 Å². The van der Waals surface area contributed by atoms with Crippen molar-refractivity contribution in [3.05, 3.63) is 29.8 Å². The van der Waals surface area contributed by atoms with Crippen LogP contribution in [0.15, 0.2) is 18.2 Å². The lowest BCUT2D eigenvalue weighted by atomic mass is 9.96. The maximum atomic E-state index is 13.6. The summed E-state index contributed by atoms with van der Waals surface area (Å²) in [7, 11) is 0. The Morgan fingerprint density at radius 2 is 2.06 bits per heavy atom. The Morgan fingerprint density at radius 3 is 2.75 bits per heavy atom. The van der Waals surface area contributed by atoms with Crippen molar-refractivity contribution in [2.75, 3.05) is 18.0 Å². The van der Waals surface area contributed by atoms with Gasteiger partial charge < -0.3 is 10.6 Å². The summed E-state index contributed by atoms with van der Waals surface area (Å²) in [6.45, 7) is 3.39. The molecule has 0 saturated carbocycles. The second-order valence-corrected chi connectivity index (χ2v) is 4.60. The van der Waals surface area contributed by atoms with Crippen LogP contribution in [-0.2, 0) is 0 Å². The summed E-state index contributed by atoms with van der Waals surface area (Å²) in [5, 5.41) is 0. The van der Waals surface area contributed by atoms with Gasteiger partial charge in [0.25, 0.3) is 0 Å². The number of piperidine rings is 1. The lowest BCUT2D eigenvalue weighted by Crippen LogP contribution is -2.46. The van der Waals surface area contributed by atoms with Gasteiger partial charge in [0.2, 0.25) is 0 Å². The third-order valence-electron chi connectivity index (χ3n) is 2.94. The van der Waals surface area contributed by atoms with Gasteiger partial charge in [0.15, 0.2) is 0 Å². The van der Waals surface area contributed by atoms with E-state index in [2.05, 4.69) is 6.92 Å². The van der Waals surface area contributed by atoms with E-state index >= 15 is 0 Å². The average Bonchev–Trinajstić information content (AvgIpc) is 2.20. The summed E-state index contributed by atoms with van der Waals surface area (Å²) >= 11 is 0. The molecule has 0 radical (unpaired) electrons. The van der Waals surface area contributed by atoms with Gasteiger partial charge in [-0.2, -0.15) is 0 Å². The lowest BCUT2D eigenvalue weighted by molar-refractivity contribution is 0.398. The predicted octanol–water partition coefficient (Wildman–Crippen LogP) is 2.14. The highest BCUT2D eigenvalue weighted by Gasteiger charge is 2.24. The predicted molar refractivity (Wildman–Crippen MR) is 60.3 cm³/mol. The molecule has 16 heavy (non-hydrogen) atoms. The van der Waals surface area contributed by atoms with Crippen LogP contribution < -0.4 is 10.6 Å². The van der Waals surface area contributed by atoms with Crippen LogP contribution in [0.5, 0.6) is 0 Å². The number of hydrogen-bond donors (Lipinski definition) is 1. The first-order chi connectivity index (χ1) is 7.56. The fourth-order valence-electron chi connectivity index (χ4n) is 2.32. The minimum atomic E-state index is -0.414. The molecule has 0 spiro atoms. The summed E-state index contributed by atoms with van der Waals surface area (Å²) < 4.78 is 26.6. The number of anilines is 1. The maximum Gasteiger partial charge on any atom is 0.146 e. The summed E-state index contributed by atoms with van der Waals surface area (Å²) in [6.07, 6.45) is 0.938. The number of nitrogens with zero attached hydrogens (tertiary/aromatic N) is 1. The highest BCUT2D eigenvalue weighted by molar-refractivity contribution is 5.48. The third kappa shape index (κ3) is 2.32. The van der Waals surface area contributed by atoms with Crippen molar-refractivity contribution >= 4 is 5.69 Å². The molecule has 0 aliphatic carbocycles. The molecule has 1 aliphatic rings. The Bertz CT molecular complexity index is 371. The topological polar surface area (TPSA) is 29.3 Å². The second-order valence-electron chi connectivity index (χ2n) is 4.60. The molecule has 0 bridgehead atoms. The Morgan fingerprint density at radius 1 is 1.31 bits per heavy atom. The molecule has 2 atom stereocenters. The molecule has 1 aliphatic heterocycles. The van der Waals surface area contributed by atoms with Gasteiger partial charge in [-0.25, -0.2) is 8.78 Å². The van der Waals surface area contributed by atoms with Crippen molar-refractivity contribution in [1.82, 2.24) is 0 Å². The Labute approximate surface area is 94.0 Å². The highest BCUT2D eigenvalue weighted by Crippen LogP contribution is 2.25. The number of nitrogens with two attached hydrogens (primary N) is 1. The molecule has 2 N–H and O–H groups in total. The van der Waals surface area contributed by atoms with Gasteiger partial charge in [-0.15, -0.1) is 0 Å². The standard InChI is InChI=1S/C12H16F2N2/c1-8-4-10(15)7-16(6-8)12-5-9(13)2-3-11(12)14/h2-3,5,8,10H,4,6-7,15H2,1H3. The van der Waals surface area contributed by atoms with Crippen molar-refractivity contribution in [3.8, 4) is 0 Å². The van der Waals surface area contributed by atoms with Crippen molar-refractivity contribution < 1.29 is 8.78 Å². The van der Waals surface area contributed by atoms with E-state index in [-0.39, 0.29) is 11.9 Å². The first kappa shape index (κ1) is 11.3. The van der Waals surface area contributed by atoms with Crippen LogP contribution in [0.3, 0.4) is 0 Å². The van der Waals surface area contributed by atoms with E-state index in [9.17, 15) is 8.78 Å². The van der Waals surface area contributed by atoms with Gasteiger partial charge in [0.05, 0.1) is 5.69 Å². The Balaban J connectivity index is 2.25. The van der Waals surface area contributed by atoms with E-state index in [1.807, 2.05) is 4.90 Å². The van der Waals surface area contributed by atoms with E-state index in [1.54, 1.807) is 0 Å². The van der Waals surface area contributed by atoms with Crippen molar-refractivity contribution in [2.45, 2.75) is 19.4 Å². The van der Waals surface area contributed by atoms with Crippen LogP contribution >= 0.6 is 0 Å². The van der Waals surface area contributed by atoms with Gasteiger partial charge in [-0.05, 0) is 24.5 Å². The van der Waals surface area contributed by atoms with E-state index in [1.165, 1.54) is 6.07 Å². The third-order valence-corrected chi connectivity index (χ3v) is 2.94. The van der Waals surface area contributed by atoms with Gasteiger partial charge in [-0.3, -0.25) is 0 Å². The average molecular weight is 226 g/mol. The molecule has 2 nitrogen and oxygen atoms in total. The van der Waals surface area contributed by atoms with Crippen molar-refractivity contribution in [1.29, 1.82) is 0 Å². The molecule has 1 aromatic carbocycles. The van der Waals surface area contributed by atoms with E-state index in [0.717, 1.165) is 25.1 Å². The van der Waals surface area contributed by atoms with Crippen molar-refractivity contribution in [2.24, 2.45) is 11.7 Å². The van der Waals surface area contributed by atoms with Crippen LogP contribution in [0.1, 0.15) is 13.3 Å². The van der Waals surface area contributed by atoms with Crippen LogP contribution in [0.4, 0.5) is 14.5 Å². The fraction of sp³-hybridized carbons (Fsp3) is 0.500. The second kappa shape index (κ2) is 4.37. The molecule has 1 saturated heterocycles. The first-order valence-corrected chi connectivity index (χ1v) is 5.52. The van der Waals surface area contributed by atoms with Crippen LogP contribution in [0, 0.1) is 17.6 Å². The van der Waals surface area contributed by atoms with E-state index < -0.39 is 5.82 Å². The highest BCUT2D eigenvalue weighted by atomic mass is 19.1. The summed E-state index contributed by atoms with van der Waals surface area (Å²) in [4.78, 5) is 1.83. The largest absolute Gasteiger partial charge is 0.367 e. The Kier molecular flexibility index (Phi) is 3.10. The molecule has 0 aromatic heterocycles. The van der Waals surface area contributed by atoms with Crippen molar-refractivity contribution in [3.63, 3.8) is 0 Å². The molecular formula is C12H16F2N2. The molecule has 1 aromatic rings. The zero-order valence-corrected chi connectivity index (χ0v) is 9.29. The van der Waals surface area contributed by atoms with Crippen LogP contribution in [-0.4, -0.2) is 19.1 Å². The summed E-state index contributed by atoms with van der Waals surface area (Å²) in [6, 6.07) is 3.56. The van der Waals surface area contributed by atoms with Gasteiger partial charge in [0.1, 0.15) is 11.6 Å². The minimum Gasteiger partial charge on any atom is -0.367 e. The molecular weight excluding hydrogens is 210 g/mol. The molecule has 2 unspecified atom stereocenters. The van der Waals surface area contributed by atoms with Gasteiger partial charge in [-0.1, -0.05) is 6.92 Å². The molecule has 1 heterocycles. The molecule has 4 heteroatoms. The summed E-state index contributed by atoms with van der Waals surface area (Å²) in [5.74, 6) is -0.391. The monoisotopic (exact) mass is 226 g/mol. The quantitative estimate of drug-likeness (QED) is 0.795. The lowest BCUT2D eigenvalue weighted by Gasteiger charge is -2.36. The first-order valence-electron chi connectivity index (χ1n) is 5.52. The number of hydrogen-bond acceptors (Lipinski definition) is 2. The normalized spacial score (nSPS) is 25.9. The van der Waals surface area contributed by atoms with Gasteiger partial charge in [0, 0.05) is 25.2 Å². The Hall–Kier alpha value is -1.16.